The van der Waals surface area contributed by atoms with E-state index in [1.165, 1.54) is 30.3 Å². The Labute approximate surface area is 149 Å². The number of phenols is 1. The second-order valence-corrected chi connectivity index (χ2v) is 5.63. The molecule has 0 amide bonds. The molecular weight excluding hydrogens is 333 g/mol. The van der Waals surface area contributed by atoms with E-state index in [-0.39, 0.29) is 17.1 Å². The normalized spacial score (nSPS) is 10.8. The van der Waals surface area contributed by atoms with Crippen LogP contribution in [0.5, 0.6) is 5.75 Å². The highest BCUT2D eigenvalue weighted by atomic mass is 19.1. The lowest BCUT2D eigenvalue weighted by Crippen LogP contribution is -2.03. The Morgan fingerprint density at radius 1 is 0.962 bits per heavy atom. The first-order valence-corrected chi connectivity index (χ1v) is 7.89. The Morgan fingerprint density at radius 3 is 2.38 bits per heavy atom. The van der Waals surface area contributed by atoms with Crippen molar-refractivity contribution in [1.29, 1.82) is 0 Å². The van der Waals surface area contributed by atoms with Crippen LogP contribution in [0.3, 0.4) is 0 Å². The molecule has 3 N–H and O–H groups in total. The van der Waals surface area contributed by atoms with Gasteiger partial charge in [-0.05, 0) is 48.0 Å². The Bertz CT molecular complexity index is 965. The van der Waals surface area contributed by atoms with Gasteiger partial charge in [0.05, 0.1) is 11.3 Å². The van der Waals surface area contributed by atoms with Crippen LogP contribution in [0.2, 0.25) is 0 Å². The Hall–Kier alpha value is -3.60. The molecule has 0 aromatic heterocycles. The Morgan fingerprint density at radius 2 is 1.69 bits per heavy atom. The molecule has 3 rings (SSSR count). The molecule has 0 atom stereocenters. The summed E-state index contributed by atoms with van der Waals surface area (Å²) in [5.74, 6) is -1.27. The van der Waals surface area contributed by atoms with Gasteiger partial charge in [0, 0.05) is 11.3 Å². The van der Waals surface area contributed by atoms with Crippen LogP contribution in [0.25, 0.3) is 12.2 Å². The molecular formula is C21H16FNO3. The van der Waals surface area contributed by atoms with Crippen molar-refractivity contribution in [1.82, 2.24) is 0 Å². The zero-order valence-electron chi connectivity index (χ0n) is 13.7. The Balaban J connectivity index is 1.92. The number of aromatic carboxylic acids is 1. The highest BCUT2D eigenvalue weighted by Gasteiger charge is 2.10. The predicted octanol–water partition coefficient (Wildman–Crippen LogP) is 5.14. The summed E-state index contributed by atoms with van der Waals surface area (Å²) in [6.45, 7) is 0. The molecule has 26 heavy (non-hydrogen) atoms. The van der Waals surface area contributed by atoms with Crippen molar-refractivity contribution in [3.8, 4) is 5.75 Å². The summed E-state index contributed by atoms with van der Waals surface area (Å²) in [5.41, 5.74) is 2.49. The summed E-state index contributed by atoms with van der Waals surface area (Å²) in [6.07, 6.45) is 3.52. The second-order valence-electron chi connectivity index (χ2n) is 5.63. The van der Waals surface area contributed by atoms with Crippen molar-refractivity contribution >= 4 is 29.5 Å². The fraction of sp³-hybridized carbons (Fsp3) is 0. The van der Waals surface area contributed by atoms with Gasteiger partial charge >= 0.3 is 5.97 Å². The van der Waals surface area contributed by atoms with Crippen molar-refractivity contribution in [2.45, 2.75) is 0 Å². The minimum atomic E-state index is -1.06. The smallest absolute Gasteiger partial charge is 0.337 e. The van der Waals surface area contributed by atoms with E-state index in [0.717, 1.165) is 5.56 Å². The van der Waals surface area contributed by atoms with E-state index in [4.69, 9.17) is 0 Å². The van der Waals surface area contributed by atoms with E-state index in [9.17, 15) is 19.4 Å². The predicted molar refractivity (Wildman–Crippen MR) is 100 cm³/mol. The SMILES string of the molecule is O=C(O)c1ccc(C=Cc2ccccc2O)cc1Nc1ccc(F)cc1. The van der Waals surface area contributed by atoms with Crippen molar-refractivity contribution in [3.05, 3.63) is 89.2 Å². The Kier molecular flexibility index (Phi) is 4.99. The number of halogens is 1. The quantitative estimate of drug-likeness (QED) is 0.558. The summed E-state index contributed by atoms with van der Waals surface area (Å²) in [6, 6.07) is 17.4. The van der Waals surface area contributed by atoms with E-state index in [1.54, 1.807) is 42.5 Å². The van der Waals surface area contributed by atoms with Crippen LogP contribution < -0.4 is 5.32 Å². The lowest BCUT2D eigenvalue weighted by atomic mass is 10.1. The van der Waals surface area contributed by atoms with Crippen molar-refractivity contribution in [2.75, 3.05) is 5.32 Å². The molecule has 0 saturated carbocycles. The van der Waals surface area contributed by atoms with E-state index in [0.29, 0.717) is 16.9 Å². The molecule has 3 aromatic rings. The summed E-state index contributed by atoms with van der Waals surface area (Å²) in [5, 5.41) is 22.2. The molecule has 0 radical (unpaired) electrons. The fourth-order valence-electron chi connectivity index (χ4n) is 2.46. The van der Waals surface area contributed by atoms with Crippen LogP contribution in [0.1, 0.15) is 21.5 Å². The van der Waals surface area contributed by atoms with Gasteiger partial charge in [-0.15, -0.1) is 0 Å². The molecule has 0 fully saturated rings. The molecule has 3 aromatic carbocycles. The van der Waals surface area contributed by atoms with E-state index in [2.05, 4.69) is 5.32 Å². The average Bonchev–Trinajstić information content (AvgIpc) is 2.63. The number of carboxylic acid groups (broad SMARTS) is 1. The van der Waals surface area contributed by atoms with Gasteiger partial charge in [0.2, 0.25) is 0 Å². The van der Waals surface area contributed by atoms with Gasteiger partial charge in [-0.25, -0.2) is 9.18 Å². The molecule has 0 spiro atoms. The summed E-state index contributed by atoms with van der Waals surface area (Å²) in [4.78, 5) is 11.5. The van der Waals surface area contributed by atoms with Gasteiger partial charge in [0.15, 0.2) is 0 Å². The third kappa shape index (κ3) is 4.08. The minimum Gasteiger partial charge on any atom is -0.507 e. The van der Waals surface area contributed by atoms with E-state index >= 15 is 0 Å². The molecule has 0 bridgehead atoms. The van der Waals surface area contributed by atoms with Crippen molar-refractivity contribution in [3.63, 3.8) is 0 Å². The van der Waals surface area contributed by atoms with Gasteiger partial charge in [0.1, 0.15) is 11.6 Å². The van der Waals surface area contributed by atoms with Crippen LogP contribution in [0, 0.1) is 5.82 Å². The lowest BCUT2D eigenvalue weighted by molar-refractivity contribution is 0.0698. The maximum atomic E-state index is 13.0. The first kappa shape index (κ1) is 17.2. The maximum absolute atomic E-state index is 13.0. The van der Waals surface area contributed by atoms with E-state index in [1.807, 2.05) is 6.07 Å². The number of carbonyl (C=O) groups is 1. The standard InChI is InChI=1S/C21H16FNO3/c22-16-8-10-17(11-9-16)23-19-13-14(6-12-18(19)21(25)26)5-7-15-3-1-2-4-20(15)24/h1-13,23-24H,(H,25,26). The third-order valence-electron chi connectivity index (χ3n) is 3.79. The number of nitrogens with one attached hydrogen (secondary N) is 1. The number of anilines is 2. The summed E-state index contributed by atoms with van der Waals surface area (Å²) in [7, 11) is 0. The molecule has 0 heterocycles. The van der Waals surface area contributed by atoms with Crippen LogP contribution in [-0.4, -0.2) is 16.2 Å². The van der Waals surface area contributed by atoms with Crippen LogP contribution in [0.4, 0.5) is 15.8 Å². The molecule has 0 aliphatic carbocycles. The average molecular weight is 349 g/mol. The van der Waals surface area contributed by atoms with Gasteiger partial charge < -0.3 is 15.5 Å². The fourth-order valence-corrected chi connectivity index (χ4v) is 2.46. The van der Waals surface area contributed by atoms with Gasteiger partial charge in [-0.2, -0.15) is 0 Å². The van der Waals surface area contributed by atoms with Crippen molar-refractivity contribution in [2.24, 2.45) is 0 Å². The first-order chi connectivity index (χ1) is 12.5. The monoisotopic (exact) mass is 349 g/mol. The summed E-state index contributed by atoms with van der Waals surface area (Å²) < 4.78 is 13.0. The molecule has 5 heteroatoms. The molecule has 0 unspecified atom stereocenters. The van der Waals surface area contributed by atoms with Gasteiger partial charge in [-0.1, -0.05) is 36.4 Å². The molecule has 0 aliphatic heterocycles. The highest BCUT2D eigenvalue weighted by molar-refractivity contribution is 5.96. The molecule has 0 saturated heterocycles. The number of rotatable bonds is 5. The maximum Gasteiger partial charge on any atom is 0.337 e. The number of hydrogen-bond donors (Lipinski definition) is 3. The molecule has 130 valence electrons. The second kappa shape index (κ2) is 7.53. The number of phenolic OH excluding ortho intramolecular Hbond substituents is 1. The number of benzene rings is 3. The zero-order chi connectivity index (χ0) is 18.5. The number of hydrogen-bond acceptors (Lipinski definition) is 3. The minimum absolute atomic E-state index is 0.106. The number of carboxylic acids is 1. The first-order valence-electron chi connectivity index (χ1n) is 7.89. The number of para-hydroxylation sites is 1. The van der Waals surface area contributed by atoms with Crippen molar-refractivity contribution < 1.29 is 19.4 Å². The third-order valence-corrected chi connectivity index (χ3v) is 3.79. The summed E-state index contributed by atoms with van der Waals surface area (Å²) >= 11 is 0. The van der Waals surface area contributed by atoms with E-state index < -0.39 is 5.97 Å². The highest BCUT2D eigenvalue weighted by Crippen LogP contribution is 2.25. The van der Waals surface area contributed by atoms with Gasteiger partial charge in [-0.3, -0.25) is 0 Å². The van der Waals surface area contributed by atoms with Crippen LogP contribution in [-0.2, 0) is 0 Å². The number of aromatic hydroxyl groups is 1. The zero-order valence-corrected chi connectivity index (χ0v) is 13.7. The van der Waals surface area contributed by atoms with Gasteiger partial charge in [0.25, 0.3) is 0 Å². The van der Waals surface area contributed by atoms with Crippen LogP contribution in [0.15, 0.2) is 66.7 Å². The largest absolute Gasteiger partial charge is 0.507 e. The van der Waals surface area contributed by atoms with Crippen LogP contribution >= 0.6 is 0 Å². The molecule has 0 aliphatic rings. The molecule has 4 nitrogen and oxygen atoms in total. The lowest BCUT2D eigenvalue weighted by Gasteiger charge is -2.11. The topological polar surface area (TPSA) is 69.6 Å².